The van der Waals surface area contributed by atoms with Crippen molar-refractivity contribution in [2.45, 2.75) is 26.3 Å². The number of aliphatic carboxylic acids is 1. The molecule has 0 aromatic heterocycles. The number of carboxylic acids is 1. The Labute approximate surface area is 113 Å². The average molecular weight is 261 g/mol. The number of rotatable bonds is 6. The fraction of sp³-hybridized carbons (Fsp3) is 0.333. The lowest BCUT2D eigenvalue weighted by atomic mass is 10.2. The van der Waals surface area contributed by atoms with Crippen LogP contribution in [0.1, 0.15) is 25.8 Å². The highest BCUT2D eigenvalue weighted by atomic mass is 16.4. The minimum Gasteiger partial charge on any atom is -0.480 e. The van der Waals surface area contributed by atoms with Gasteiger partial charge in [-0.2, -0.15) is 0 Å². The Morgan fingerprint density at radius 2 is 1.95 bits per heavy atom. The summed E-state index contributed by atoms with van der Waals surface area (Å²) >= 11 is 0. The number of carboxylic acid groups (broad SMARTS) is 1. The molecule has 1 aromatic carbocycles. The first-order chi connectivity index (χ1) is 9.04. The Hall–Kier alpha value is -2.10. The highest BCUT2D eigenvalue weighted by molar-refractivity contribution is 5.93. The molecule has 4 heteroatoms. The van der Waals surface area contributed by atoms with E-state index in [1.54, 1.807) is 6.08 Å². The number of benzene rings is 1. The molecule has 0 saturated carbocycles. The summed E-state index contributed by atoms with van der Waals surface area (Å²) in [5.41, 5.74) is 0.912. The Morgan fingerprint density at radius 3 is 2.47 bits per heavy atom. The van der Waals surface area contributed by atoms with Gasteiger partial charge in [-0.1, -0.05) is 37.3 Å². The molecule has 1 amide bonds. The zero-order valence-electron chi connectivity index (χ0n) is 11.2. The van der Waals surface area contributed by atoms with Crippen molar-refractivity contribution in [3.05, 3.63) is 42.0 Å². The maximum Gasteiger partial charge on any atom is 0.323 e. The van der Waals surface area contributed by atoms with Crippen molar-refractivity contribution in [2.24, 2.45) is 0 Å². The Morgan fingerprint density at radius 1 is 1.32 bits per heavy atom. The number of carbonyl (C=O) groups excluding carboxylic acids is 1. The third-order valence-corrected chi connectivity index (χ3v) is 2.93. The van der Waals surface area contributed by atoms with Crippen LogP contribution in [0.4, 0.5) is 0 Å². The van der Waals surface area contributed by atoms with Crippen LogP contribution in [0.2, 0.25) is 0 Å². The first kappa shape index (κ1) is 15.0. The maximum atomic E-state index is 12.0. The molecule has 102 valence electrons. The normalized spacial score (nSPS) is 12.3. The van der Waals surface area contributed by atoms with E-state index in [-0.39, 0.29) is 18.5 Å². The zero-order valence-corrected chi connectivity index (χ0v) is 11.2. The van der Waals surface area contributed by atoms with Gasteiger partial charge < -0.3 is 10.0 Å². The fourth-order valence-electron chi connectivity index (χ4n) is 1.64. The molecule has 0 spiro atoms. The monoisotopic (exact) mass is 261 g/mol. The second-order valence-corrected chi connectivity index (χ2v) is 4.36. The number of nitrogens with zero attached hydrogens (tertiary/aromatic N) is 1. The lowest BCUT2D eigenvalue weighted by Gasteiger charge is -2.25. The third kappa shape index (κ3) is 4.95. The molecule has 0 heterocycles. The van der Waals surface area contributed by atoms with Gasteiger partial charge >= 0.3 is 5.97 Å². The van der Waals surface area contributed by atoms with Gasteiger partial charge in [-0.3, -0.25) is 9.59 Å². The molecule has 0 bridgehead atoms. The minimum atomic E-state index is -0.998. The molecule has 1 aromatic rings. The molecule has 0 saturated heterocycles. The Bertz CT molecular complexity index is 454. The molecule has 0 aliphatic rings. The van der Waals surface area contributed by atoms with E-state index in [1.807, 2.05) is 44.2 Å². The molecule has 0 fully saturated rings. The summed E-state index contributed by atoms with van der Waals surface area (Å²) in [5, 5.41) is 8.84. The SMILES string of the molecule is CCC(C)N(CC(=O)O)C(=O)/C=C/c1ccccc1. The van der Waals surface area contributed by atoms with Crippen LogP contribution in [0, 0.1) is 0 Å². The van der Waals surface area contributed by atoms with Crippen molar-refractivity contribution in [3.63, 3.8) is 0 Å². The van der Waals surface area contributed by atoms with Crippen molar-refractivity contribution in [1.82, 2.24) is 4.90 Å². The van der Waals surface area contributed by atoms with Gasteiger partial charge in [0.1, 0.15) is 6.54 Å². The molecular weight excluding hydrogens is 242 g/mol. The van der Waals surface area contributed by atoms with Crippen molar-refractivity contribution in [3.8, 4) is 0 Å². The molecule has 1 rings (SSSR count). The van der Waals surface area contributed by atoms with Crippen LogP contribution >= 0.6 is 0 Å². The zero-order chi connectivity index (χ0) is 14.3. The van der Waals surface area contributed by atoms with Gasteiger partial charge in [-0.25, -0.2) is 0 Å². The van der Waals surface area contributed by atoms with E-state index in [9.17, 15) is 9.59 Å². The number of carbonyl (C=O) groups is 2. The van der Waals surface area contributed by atoms with E-state index in [1.165, 1.54) is 11.0 Å². The van der Waals surface area contributed by atoms with Gasteiger partial charge in [-0.15, -0.1) is 0 Å². The summed E-state index contributed by atoms with van der Waals surface area (Å²) in [6.45, 7) is 3.50. The third-order valence-electron chi connectivity index (χ3n) is 2.93. The summed E-state index contributed by atoms with van der Waals surface area (Å²) in [7, 11) is 0. The quantitative estimate of drug-likeness (QED) is 0.800. The average Bonchev–Trinajstić information content (AvgIpc) is 2.42. The summed E-state index contributed by atoms with van der Waals surface area (Å²) in [6.07, 6.45) is 3.84. The van der Waals surface area contributed by atoms with E-state index in [0.29, 0.717) is 0 Å². The fourth-order valence-corrected chi connectivity index (χ4v) is 1.64. The van der Waals surface area contributed by atoms with Gasteiger partial charge in [0.2, 0.25) is 5.91 Å². The molecule has 0 radical (unpaired) electrons. The largest absolute Gasteiger partial charge is 0.480 e. The first-order valence-electron chi connectivity index (χ1n) is 6.30. The summed E-state index contributed by atoms with van der Waals surface area (Å²) in [4.78, 5) is 24.2. The topological polar surface area (TPSA) is 57.6 Å². The van der Waals surface area contributed by atoms with Crippen molar-refractivity contribution < 1.29 is 14.7 Å². The van der Waals surface area contributed by atoms with Crippen LogP contribution in [0.5, 0.6) is 0 Å². The highest BCUT2D eigenvalue weighted by Crippen LogP contribution is 2.07. The number of hydrogen-bond acceptors (Lipinski definition) is 2. The smallest absolute Gasteiger partial charge is 0.323 e. The van der Waals surface area contributed by atoms with Crippen LogP contribution in [-0.4, -0.2) is 34.5 Å². The number of amides is 1. The van der Waals surface area contributed by atoms with Crippen LogP contribution in [0.25, 0.3) is 6.08 Å². The summed E-state index contributed by atoms with van der Waals surface area (Å²) in [6, 6.07) is 9.34. The van der Waals surface area contributed by atoms with Gasteiger partial charge in [0.05, 0.1) is 0 Å². The molecule has 4 nitrogen and oxygen atoms in total. The standard InChI is InChI=1S/C15H19NO3/c1-3-12(2)16(11-15(18)19)14(17)10-9-13-7-5-4-6-8-13/h4-10,12H,3,11H2,1-2H3,(H,18,19)/b10-9+. The number of hydrogen-bond donors (Lipinski definition) is 1. The van der Waals surface area contributed by atoms with E-state index >= 15 is 0 Å². The molecule has 1 unspecified atom stereocenters. The molecule has 0 aliphatic carbocycles. The van der Waals surface area contributed by atoms with Crippen LogP contribution in [-0.2, 0) is 9.59 Å². The second kappa shape index (κ2) is 7.36. The lowest BCUT2D eigenvalue weighted by molar-refractivity contribution is -0.144. The van der Waals surface area contributed by atoms with Crippen LogP contribution in [0.15, 0.2) is 36.4 Å². The molecule has 1 atom stereocenters. The molecule has 1 N–H and O–H groups in total. The highest BCUT2D eigenvalue weighted by Gasteiger charge is 2.19. The molecule has 19 heavy (non-hydrogen) atoms. The second-order valence-electron chi connectivity index (χ2n) is 4.36. The predicted molar refractivity (Wildman–Crippen MR) is 74.6 cm³/mol. The molecular formula is C15H19NO3. The van der Waals surface area contributed by atoms with E-state index < -0.39 is 5.97 Å². The van der Waals surface area contributed by atoms with Crippen molar-refractivity contribution >= 4 is 18.0 Å². The minimum absolute atomic E-state index is 0.0935. The summed E-state index contributed by atoms with van der Waals surface area (Å²) in [5.74, 6) is -1.28. The first-order valence-corrected chi connectivity index (χ1v) is 6.30. The van der Waals surface area contributed by atoms with Gasteiger partial charge in [0.25, 0.3) is 0 Å². The predicted octanol–water partition coefficient (Wildman–Crippen LogP) is 2.41. The van der Waals surface area contributed by atoms with Crippen molar-refractivity contribution in [1.29, 1.82) is 0 Å². The Balaban J connectivity index is 2.77. The molecule has 0 aliphatic heterocycles. The summed E-state index contributed by atoms with van der Waals surface area (Å²) < 4.78 is 0. The van der Waals surface area contributed by atoms with E-state index in [0.717, 1.165) is 12.0 Å². The van der Waals surface area contributed by atoms with Gasteiger partial charge in [0, 0.05) is 12.1 Å². The lowest BCUT2D eigenvalue weighted by Crippen LogP contribution is -2.40. The van der Waals surface area contributed by atoms with E-state index in [2.05, 4.69) is 0 Å². The maximum absolute atomic E-state index is 12.0. The van der Waals surface area contributed by atoms with Gasteiger partial charge in [0.15, 0.2) is 0 Å². The van der Waals surface area contributed by atoms with Crippen molar-refractivity contribution in [2.75, 3.05) is 6.54 Å². The van der Waals surface area contributed by atoms with E-state index in [4.69, 9.17) is 5.11 Å². The Kier molecular flexibility index (Phi) is 5.79. The van der Waals surface area contributed by atoms with Crippen LogP contribution < -0.4 is 0 Å². The van der Waals surface area contributed by atoms with Gasteiger partial charge in [-0.05, 0) is 25.0 Å². The van der Waals surface area contributed by atoms with Crippen LogP contribution in [0.3, 0.4) is 0 Å².